The Balaban J connectivity index is 2.23. The molecule has 1 saturated carbocycles. The second-order valence-corrected chi connectivity index (χ2v) is 6.57. The van der Waals surface area contributed by atoms with Crippen molar-refractivity contribution in [2.24, 2.45) is 17.8 Å². The van der Waals surface area contributed by atoms with Gasteiger partial charge in [0.1, 0.15) is 0 Å². The van der Waals surface area contributed by atoms with Gasteiger partial charge in [-0.3, -0.25) is 0 Å². The van der Waals surface area contributed by atoms with Crippen LogP contribution in [0.5, 0.6) is 0 Å². The monoisotopic (exact) mass is 222 g/mol. The summed E-state index contributed by atoms with van der Waals surface area (Å²) in [5.41, 5.74) is 2.80. The Morgan fingerprint density at radius 1 is 1.31 bits per heavy atom. The summed E-state index contributed by atoms with van der Waals surface area (Å²) in [7, 11) is 0. The highest BCUT2D eigenvalue weighted by molar-refractivity contribution is 5.22. The van der Waals surface area contributed by atoms with Crippen LogP contribution in [0.15, 0.2) is 11.1 Å². The molecule has 3 atom stereocenters. The number of allylic oxidation sites excluding steroid dienone is 2. The molecule has 0 aromatic carbocycles. The fraction of sp³-hybridized carbons (Fsp3) is 0.867. The van der Waals surface area contributed by atoms with Gasteiger partial charge in [0.15, 0.2) is 0 Å². The van der Waals surface area contributed by atoms with E-state index >= 15 is 0 Å². The van der Waals surface area contributed by atoms with Crippen molar-refractivity contribution < 1.29 is 5.11 Å². The van der Waals surface area contributed by atoms with Crippen LogP contribution in [0.3, 0.4) is 0 Å². The highest BCUT2D eigenvalue weighted by atomic mass is 16.3. The predicted molar refractivity (Wildman–Crippen MR) is 68.2 cm³/mol. The number of rotatable bonds is 1. The van der Waals surface area contributed by atoms with Crippen LogP contribution in [0.1, 0.15) is 59.8 Å². The molecule has 16 heavy (non-hydrogen) atoms. The first kappa shape index (κ1) is 12.2. The number of fused-ring (bicyclic) bond motifs is 1. The molecule has 1 heteroatoms. The molecule has 92 valence electrons. The standard InChI is InChI=1S/C15H26O/c1-10-6-5-7-13-11(2)8-12(9-14(10)13)15(3,4)16/h11-13,16H,5-9H2,1-4H3/t11-,12+,13+/m0/s1. The van der Waals surface area contributed by atoms with Gasteiger partial charge < -0.3 is 5.11 Å². The molecule has 0 radical (unpaired) electrons. The van der Waals surface area contributed by atoms with Gasteiger partial charge in [0, 0.05) is 0 Å². The fourth-order valence-corrected chi connectivity index (χ4v) is 3.69. The summed E-state index contributed by atoms with van der Waals surface area (Å²) in [5.74, 6) is 2.05. The Kier molecular flexibility index (Phi) is 3.18. The highest BCUT2D eigenvalue weighted by Gasteiger charge is 2.39. The van der Waals surface area contributed by atoms with E-state index in [1.807, 2.05) is 13.8 Å². The Morgan fingerprint density at radius 2 is 2.00 bits per heavy atom. The SMILES string of the molecule is CC1=C2C[C@H](C(C)(C)O)C[C@H](C)[C@H]2CCC1. The highest BCUT2D eigenvalue weighted by Crippen LogP contribution is 2.47. The van der Waals surface area contributed by atoms with E-state index in [4.69, 9.17) is 0 Å². The molecule has 2 rings (SSSR count). The largest absolute Gasteiger partial charge is 0.390 e. The van der Waals surface area contributed by atoms with E-state index in [0.717, 1.165) is 18.3 Å². The molecule has 0 saturated heterocycles. The number of aliphatic hydroxyl groups is 1. The molecule has 0 unspecified atom stereocenters. The summed E-state index contributed by atoms with van der Waals surface area (Å²) in [6.45, 7) is 8.63. The summed E-state index contributed by atoms with van der Waals surface area (Å²) >= 11 is 0. The van der Waals surface area contributed by atoms with Crippen molar-refractivity contribution in [2.75, 3.05) is 0 Å². The predicted octanol–water partition coefficient (Wildman–Crippen LogP) is 3.92. The Hall–Kier alpha value is -0.300. The first-order chi connectivity index (χ1) is 7.39. The van der Waals surface area contributed by atoms with Gasteiger partial charge in [-0.25, -0.2) is 0 Å². The maximum absolute atomic E-state index is 10.2. The van der Waals surface area contributed by atoms with Crippen LogP contribution in [-0.2, 0) is 0 Å². The van der Waals surface area contributed by atoms with Crippen molar-refractivity contribution in [1.29, 1.82) is 0 Å². The van der Waals surface area contributed by atoms with Gasteiger partial charge in [-0.1, -0.05) is 18.1 Å². The summed E-state index contributed by atoms with van der Waals surface area (Å²) in [5, 5.41) is 10.2. The molecule has 2 aliphatic carbocycles. The fourth-order valence-electron chi connectivity index (χ4n) is 3.69. The summed E-state index contributed by atoms with van der Waals surface area (Å²) < 4.78 is 0. The van der Waals surface area contributed by atoms with E-state index in [1.165, 1.54) is 25.7 Å². The van der Waals surface area contributed by atoms with Gasteiger partial charge in [0.05, 0.1) is 5.60 Å². The molecule has 1 N–H and O–H groups in total. The molecule has 0 aromatic heterocycles. The zero-order valence-electron chi connectivity index (χ0n) is 11.2. The second kappa shape index (κ2) is 4.18. The molecular weight excluding hydrogens is 196 g/mol. The van der Waals surface area contributed by atoms with Crippen LogP contribution in [0.25, 0.3) is 0 Å². The van der Waals surface area contributed by atoms with E-state index in [0.29, 0.717) is 5.92 Å². The van der Waals surface area contributed by atoms with E-state index in [9.17, 15) is 5.11 Å². The first-order valence-electron chi connectivity index (χ1n) is 6.80. The molecule has 0 bridgehead atoms. The topological polar surface area (TPSA) is 20.2 Å². The summed E-state index contributed by atoms with van der Waals surface area (Å²) in [4.78, 5) is 0. The lowest BCUT2D eigenvalue weighted by Crippen LogP contribution is -2.39. The van der Waals surface area contributed by atoms with Crippen LogP contribution in [-0.4, -0.2) is 10.7 Å². The third kappa shape index (κ3) is 2.20. The van der Waals surface area contributed by atoms with Gasteiger partial charge in [-0.15, -0.1) is 0 Å². The lowest BCUT2D eigenvalue weighted by Gasteiger charge is -2.44. The molecule has 1 nitrogen and oxygen atoms in total. The van der Waals surface area contributed by atoms with Crippen molar-refractivity contribution in [1.82, 2.24) is 0 Å². The maximum atomic E-state index is 10.2. The molecule has 2 aliphatic rings. The smallest absolute Gasteiger partial charge is 0.0622 e. The number of hydrogen-bond acceptors (Lipinski definition) is 1. The van der Waals surface area contributed by atoms with Crippen LogP contribution in [0, 0.1) is 17.8 Å². The van der Waals surface area contributed by atoms with E-state index in [-0.39, 0.29) is 0 Å². The van der Waals surface area contributed by atoms with Crippen molar-refractivity contribution in [2.45, 2.75) is 65.4 Å². The zero-order chi connectivity index (χ0) is 11.9. The Labute approximate surface area is 99.9 Å². The lowest BCUT2D eigenvalue weighted by atomic mass is 9.63. The minimum atomic E-state index is -0.510. The third-order valence-electron chi connectivity index (χ3n) is 4.87. The Morgan fingerprint density at radius 3 is 2.62 bits per heavy atom. The molecule has 1 fully saturated rings. The molecule has 0 heterocycles. The quantitative estimate of drug-likeness (QED) is 0.667. The normalized spacial score (nSPS) is 36.2. The average molecular weight is 222 g/mol. The molecular formula is C15H26O. The number of hydrogen-bond donors (Lipinski definition) is 1. The lowest BCUT2D eigenvalue weighted by molar-refractivity contribution is -0.00743. The van der Waals surface area contributed by atoms with E-state index in [2.05, 4.69) is 13.8 Å². The van der Waals surface area contributed by atoms with Gasteiger partial charge >= 0.3 is 0 Å². The third-order valence-corrected chi connectivity index (χ3v) is 4.87. The molecule has 0 spiro atoms. The van der Waals surface area contributed by atoms with Crippen LogP contribution >= 0.6 is 0 Å². The van der Waals surface area contributed by atoms with Crippen molar-refractivity contribution in [3.05, 3.63) is 11.1 Å². The maximum Gasteiger partial charge on any atom is 0.0622 e. The van der Waals surface area contributed by atoms with Crippen molar-refractivity contribution >= 4 is 0 Å². The van der Waals surface area contributed by atoms with Crippen molar-refractivity contribution in [3.8, 4) is 0 Å². The minimum absolute atomic E-state index is 0.460. The Bertz CT molecular complexity index is 295. The van der Waals surface area contributed by atoms with Gasteiger partial charge in [0.2, 0.25) is 0 Å². The first-order valence-corrected chi connectivity index (χ1v) is 6.80. The minimum Gasteiger partial charge on any atom is -0.390 e. The van der Waals surface area contributed by atoms with Crippen LogP contribution < -0.4 is 0 Å². The summed E-state index contributed by atoms with van der Waals surface area (Å²) in [6, 6.07) is 0. The average Bonchev–Trinajstić information content (AvgIpc) is 2.18. The van der Waals surface area contributed by atoms with Gasteiger partial charge in [-0.2, -0.15) is 0 Å². The van der Waals surface area contributed by atoms with Crippen LogP contribution in [0.2, 0.25) is 0 Å². The summed E-state index contributed by atoms with van der Waals surface area (Å²) in [6.07, 6.45) is 6.39. The van der Waals surface area contributed by atoms with Gasteiger partial charge in [-0.05, 0) is 70.6 Å². The second-order valence-electron chi connectivity index (χ2n) is 6.57. The molecule has 0 aromatic rings. The van der Waals surface area contributed by atoms with Crippen molar-refractivity contribution in [3.63, 3.8) is 0 Å². The zero-order valence-corrected chi connectivity index (χ0v) is 11.2. The van der Waals surface area contributed by atoms with Gasteiger partial charge in [0.25, 0.3) is 0 Å². The van der Waals surface area contributed by atoms with Crippen LogP contribution in [0.4, 0.5) is 0 Å². The van der Waals surface area contributed by atoms with E-state index < -0.39 is 5.60 Å². The molecule has 0 amide bonds. The van der Waals surface area contributed by atoms with E-state index in [1.54, 1.807) is 11.1 Å². The molecule has 0 aliphatic heterocycles.